The van der Waals surface area contributed by atoms with Gasteiger partial charge in [0, 0.05) is 22.5 Å². The Bertz CT molecular complexity index is 1480. The Morgan fingerprint density at radius 3 is 2.62 bits per heavy atom. The molecule has 0 unspecified atom stereocenters. The van der Waals surface area contributed by atoms with E-state index in [1.54, 1.807) is 12.1 Å². The van der Waals surface area contributed by atoms with E-state index in [4.69, 9.17) is 0 Å². The van der Waals surface area contributed by atoms with Gasteiger partial charge in [-0.1, -0.05) is 54.1 Å². The largest absolute Gasteiger partial charge is 0.298 e. The summed E-state index contributed by atoms with van der Waals surface area (Å²) in [6.07, 6.45) is 0.656. The van der Waals surface area contributed by atoms with Crippen LogP contribution in [0.1, 0.15) is 28.4 Å². The Labute approximate surface area is 203 Å². The first-order valence-electron chi connectivity index (χ1n) is 10.9. The quantitative estimate of drug-likeness (QED) is 0.401. The molecular weight excluding hydrogens is 466 g/mol. The molecular formula is C26H23N3O3S2. The van der Waals surface area contributed by atoms with E-state index in [0.29, 0.717) is 17.2 Å². The highest BCUT2D eigenvalue weighted by molar-refractivity contribution is 7.92. The zero-order valence-corrected chi connectivity index (χ0v) is 20.4. The molecule has 6 nitrogen and oxygen atoms in total. The van der Waals surface area contributed by atoms with Crippen LogP contribution in [0.5, 0.6) is 0 Å². The van der Waals surface area contributed by atoms with Gasteiger partial charge in [0.25, 0.3) is 15.9 Å². The number of aromatic nitrogens is 1. The number of nitrogens with one attached hydrogen (secondary N) is 1. The zero-order chi connectivity index (χ0) is 23.9. The van der Waals surface area contributed by atoms with E-state index in [1.807, 2.05) is 67.8 Å². The number of thiazole rings is 1. The molecule has 4 aromatic rings. The molecule has 1 atom stereocenters. The van der Waals surface area contributed by atoms with Gasteiger partial charge in [-0.2, -0.15) is 0 Å². The number of carbonyl (C=O) groups is 1. The Morgan fingerprint density at radius 2 is 1.82 bits per heavy atom. The van der Waals surface area contributed by atoms with Crippen LogP contribution in [0.4, 0.5) is 10.8 Å². The number of para-hydroxylation sites is 1. The van der Waals surface area contributed by atoms with Crippen molar-refractivity contribution in [3.05, 3.63) is 94.9 Å². The second-order valence-electron chi connectivity index (χ2n) is 8.37. The van der Waals surface area contributed by atoms with Gasteiger partial charge in [0.15, 0.2) is 5.13 Å². The topological polar surface area (TPSA) is 79.4 Å². The van der Waals surface area contributed by atoms with Crippen molar-refractivity contribution in [1.82, 2.24) is 4.98 Å². The Kier molecular flexibility index (Phi) is 5.71. The highest BCUT2D eigenvalue weighted by Gasteiger charge is 2.36. The number of fused-ring (bicyclic) bond motifs is 1. The van der Waals surface area contributed by atoms with Crippen molar-refractivity contribution in [2.75, 3.05) is 9.62 Å². The Morgan fingerprint density at radius 1 is 1.06 bits per heavy atom. The maximum absolute atomic E-state index is 13.5. The van der Waals surface area contributed by atoms with E-state index in [0.717, 1.165) is 22.4 Å². The summed E-state index contributed by atoms with van der Waals surface area (Å²) in [7, 11) is -3.83. The van der Waals surface area contributed by atoms with Crippen LogP contribution < -0.4 is 9.62 Å². The van der Waals surface area contributed by atoms with Crippen molar-refractivity contribution in [2.45, 2.75) is 31.2 Å². The van der Waals surface area contributed by atoms with Gasteiger partial charge < -0.3 is 0 Å². The maximum atomic E-state index is 13.5. The molecule has 1 aliphatic heterocycles. The first-order chi connectivity index (χ1) is 16.3. The molecule has 1 aliphatic rings. The normalized spacial score (nSPS) is 15.2. The molecule has 1 aromatic heterocycles. The van der Waals surface area contributed by atoms with Crippen molar-refractivity contribution in [3.63, 3.8) is 0 Å². The summed E-state index contributed by atoms with van der Waals surface area (Å²) < 4.78 is 28.5. The van der Waals surface area contributed by atoms with Crippen molar-refractivity contribution < 1.29 is 13.2 Å². The van der Waals surface area contributed by atoms with Gasteiger partial charge in [-0.05, 0) is 50.1 Å². The number of hydrogen-bond donors (Lipinski definition) is 1. The molecule has 0 aliphatic carbocycles. The molecule has 3 aromatic carbocycles. The molecule has 172 valence electrons. The molecule has 1 amide bonds. The average Bonchev–Trinajstić information content (AvgIpc) is 3.43. The summed E-state index contributed by atoms with van der Waals surface area (Å²) in [5, 5.41) is 5.13. The second kappa shape index (κ2) is 8.70. The predicted octanol–water partition coefficient (Wildman–Crippen LogP) is 5.51. The molecule has 0 fully saturated rings. The predicted molar refractivity (Wildman–Crippen MR) is 136 cm³/mol. The third-order valence-corrected chi connectivity index (χ3v) is 8.55. The van der Waals surface area contributed by atoms with Gasteiger partial charge in [-0.25, -0.2) is 13.4 Å². The van der Waals surface area contributed by atoms with E-state index in [-0.39, 0.29) is 16.5 Å². The summed E-state index contributed by atoms with van der Waals surface area (Å²) in [6.45, 7) is 3.91. The van der Waals surface area contributed by atoms with E-state index in [9.17, 15) is 13.2 Å². The van der Waals surface area contributed by atoms with E-state index < -0.39 is 15.9 Å². The first-order valence-corrected chi connectivity index (χ1v) is 13.2. The molecule has 1 N–H and O–H groups in total. The third-order valence-electron chi connectivity index (χ3n) is 5.87. The zero-order valence-electron chi connectivity index (χ0n) is 18.7. The van der Waals surface area contributed by atoms with Crippen LogP contribution in [0, 0.1) is 6.92 Å². The Hall–Kier alpha value is -3.49. The van der Waals surface area contributed by atoms with Crippen LogP contribution in [0.3, 0.4) is 0 Å². The number of carbonyl (C=O) groups excluding carboxylic acids is 1. The maximum Gasteiger partial charge on any atom is 0.264 e. The highest BCUT2D eigenvalue weighted by Crippen LogP contribution is 2.36. The lowest BCUT2D eigenvalue weighted by Gasteiger charge is -2.24. The lowest BCUT2D eigenvalue weighted by atomic mass is 10.1. The van der Waals surface area contributed by atoms with Crippen molar-refractivity contribution >= 4 is 38.1 Å². The van der Waals surface area contributed by atoms with Crippen molar-refractivity contribution in [3.8, 4) is 11.3 Å². The SMILES string of the molecule is Cc1ccc(-c2csc(NC(=O)c3cccc(S(=O)(=O)N4c5ccccc5C[C@@H]4C)c3)n2)cc1. The minimum atomic E-state index is -3.83. The molecule has 0 saturated heterocycles. The number of anilines is 2. The fourth-order valence-electron chi connectivity index (χ4n) is 4.17. The minimum Gasteiger partial charge on any atom is -0.298 e. The van der Waals surface area contributed by atoms with Crippen molar-refractivity contribution in [2.24, 2.45) is 0 Å². The highest BCUT2D eigenvalue weighted by atomic mass is 32.2. The molecule has 0 radical (unpaired) electrons. The Balaban J connectivity index is 1.38. The number of sulfonamides is 1. The van der Waals surface area contributed by atoms with E-state index in [1.165, 1.54) is 27.8 Å². The third kappa shape index (κ3) is 4.10. The number of hydrogen-bond acceptors (Lipinski definition) is 5. The van der Waals surface area contributed by atoms with Crippen LogP contribution >= 0.6 is 11.3 Å². The van der Waals surface area contributed by atoms with Crippen LogP contribution in [0.2, 0.25) is 0 Å². The van der Waals surface area contributed by atoms with E-state index >= 15 is 0 Å². The minimum absolute atomic E-state index is 0.0863. The average molecular weight is 490 g/mol. The molecule has 2 heterocycles. The smallest absolute Gasteiger partial charge is 0.264 e. The lowest BCUT2D eigenvalue weighted by molar-refractivity contribution is 0.102. The molecule has 0 spiro atoms. The van der Waals surface area contributed by atoms with Crippen LogP contribution in [-0.2, 0) is 16.4 Å². The van der Waals surface area contributed by atoms with Gasteiger partial charge >= 0.3 is 0 Å². The number of nitrogens with zero attached hydrogens (tertiary/aromatic N) is 2. The van der Waals surface area contributed by atoms with Crippen molar-refractivity contribution in [1.29, 1.82) is 0 Å². The summed E-state index contributed by atoms with van der Waals surface area (Å²) in [4.78, 5) is 17.5. The molecule has 34 heavy (non-hydrogen) atoms. The molecule has 8 heteroatoms. The van der Waals surface area contributed by atoms with Gasteiger partial charge in [0.05, 0.1) is 16.3 Å². The summed E-state index contributed by atoms with van der Waals surface area (Å²) in [6, 6.07) is 21.5. The van der Waals surface area contributed by atoms with E-state index in [2.05, 4.69) is 10.3 Å². The number of amides is 1. The molecule has 5 rings (SSSR count). The number of aryl methyl sites for hydroxylation is 1. The fraction of sp³-hybridized carbons (Fsp3) is 0.154. The molecule has 0 bridgehead atoms. The lowest BCUT2D eigenvalue weighted by Crippen LogP contribution is -2.35. The standard InChI is InChI=1S/C26H23N3O3S2/c1-17-10-12-19(13-11-17)23-16-33-26(27-23)28-25(30)21-7-5-8-22(15-21)34(31,32)29-18(2)14-20-6-3-4-9-24(20)29/h3-13,15-16,18H,14H2,1-2H3,(H,27,28,30)/t18-/m0/s1. The monoisotopic (exact) mass is 489 g/mol. The van der Waals surface area contributed by atoms with Gasteiger partial charge in [-0.3, -0.25) is 14.4 Å². The van der Waals surface area contributed by atoms with Gasteiger partial charge in [-0.15, -0.1) is 11.3 Å². The summed E-state index contributed by atoms with van der Waals surface area (Å²) >= 11 is 1.32. The first kappa shape index (κ1) is 22.3. The van der Waals surface area contributed by atoms with Gasteiger partial charge in [0.1, 0.15) is 0 Å². The van der Waals surface area contributed by atoms with Gasteiger partial charge in [0.2, 0.25) is 0 Å². The number of benzene rings is 3. The summed E-state index contributed by atoms with van der Waals surface area (Å²) in [5.41, 5.74) is 4.85. The van der Waals surface area contributed by atoms with Crippen LogP contribution in [0.15, 0.2) is 83.1 Å². The molecule has 0 saturated carbocycles. The second-order valence-corrected chi connectivity index (χ2v) is 11.0. The summed E-state index contributed by atoms with van der Waals surface area (Å²) in [5.74, 6) is -0.406. The number of rotatable bonds is 5. The fourth-order valence-corrected chi connectivity index (χ4v) is 6.63. The van der Waals surface area contributed by atoms with Crippen LogP contribution in [0.25, 0.3) is 11.3 Å². The van der Waals surface area contributed by atoms with Crippen LogP contribution in [-0.4, -0.2) is 25.4 Å².